The van der Waals surface area contributed by atoms with Crippen LogP contribution in [0.2, 0.25) is 0 Å². The maximum absolute atomic E-state index is 13.6. The van der Waals surface area contributed by atoms with Crippen LogP contribution in [0.1, 0.15) is 17.0 Å². The summed E-state index contributed by atoms with van der Waals surface area (Å²) >= 11 is 0. The zero-order valence-electron chi connectivity index (χ0n) is 16.4. The molecule has 5 rings (SSSR count). The number of rotatable bonds is 4. The van der Waals surface area contributed by atoms with Gasteiger partial charge in [-0.3, -0.25) is 9.36 Å². The van der Waals surface area contributed by atoms with E-state index in [4.69, 9.17) is 9.40 Å². The van der Waals surface area contributed by atoms with E-state index in [-0.39, 0.29) is 10.8 Å². The summed E-state index contributed by atoms with van der Waals surface area (Å²) in [4.78, 5) is 17.7. The second-order valence-electron chi connectivity index (χ2n) is 7.42. The Morgan fingerprint density at radius 1 is 1.00 bits per heavy atom. The average molecular weight is 398 g/mol. The number of aromatic nitrogens is 2. The van der Waals surface area contributed by atoms with Crippen LogP contribution >= 0.6 is 0 Å². The third-order valence-corrected chi connectivity index (χ3v) is 5.32. The lowest BCUT2D eigenvalue weighted by Gasteiger charge is -2.09. The number of halogens is 1. The zero-order chi connectivity index (χ0) is 20.7. The minimum absolute atomic E-state index is 0.200. The Balaban J connectivity index is 1.57. The van der Waals surface area contributed by atoms with E-state index in [2.05, 4.69) is 22.8 Å². The molecule has 0 fully saturated rings. The average Bonchev–Trinajstić information content (AvgIpc) is 3.11. The maximum atomic E-state index is 13.6. The maximum Gasteiger partial charge on any atom is 0.195 e. The first-order valence-corrected chi connectivity index (χ1v) is 9.83. The van der Waals surface area contributed by atoms with Crippen LogP contribution in [0.4, 0.5) is 4.39 Å². The summed E-state index contributed by atoms with van der Waals surface area (Å²) in [5, 5.41) is 0.264. The molecular weight excluding hydrogens is 379 g/mol. The van der Waals surface area contributed by atoms with Gasteiger partial charge in [-0.1, -0.05) is 24.3 Å². The molecule has 0 amide bonds. The molecule has 5 aromatic rings. The van der Waals surface area contributed by atoms with Gasteiger partial charge in [-0.2, -0.15) is 0 Å². The van der Waals surface area contributed by atoms with Crippen LogP contribution in [0.25, 0.3) is 27.7 Å². The molecule has 0 atom stereocenters. The molecule has 0 unspecified atom stereocenters. The molecule has 2 aromatic heterocycles. The van der Waals surface area contributed by atoms with Crippen molar-refractivity contribution in [1.29, 1.82) is 0 Å². The number of benzene rings is 3. The van der Waals surface area contributed by atoms with Crippen LogP contribution in [-0.4, -0.2) is 9.55 Å². The molecule has 0 aliphatic rings. The molecule has 2 heterocycles. The van der Waals surface area contributed by atoms with Crippen LogP contribution in [-0.2, 0) is 12.8 Å². The van der Waals surface area contributed by atoms with Crippen LogP contribution in [0, 0.1) is 12.7 Å². The fourth-order valence-electron chi connectivity index (χ4n) is 3.84. The van der Waals surface area contributed by atoms with Crippen molar-refractivity contribution >= 4 is 22.0 Å². The van der Waals surface area contributed by atoms with E-state index in [9.17, 15) is 9.18 Å². The van der Waals surface area contributed by atoms with Crippen LogP contribution in [0.3, 0.4) is 0 Å². The number of fused-ring (bicyclic) bond motifs is 2. The van der Waals surface area contributed by atoms with Crippen molar-refractivity contribution < 1.29 is 8.81 Å². The Labute approximate surface area is 172 Å². The third kappa shape index (κ3) is 3.18. The van der Waals surface area contributed by atoms with Gasteiger partial charge in [0.05, 0.1) is 22.7 Å². The van der Waals surface area contributed by atoms with E-state index >= 15 is 0 Å². The number of aryl methyl sites for hydroxylation is 3. The van der Waals surface area contributed by atoms with Gasteiger partial charge in [0.1, 0.15) is 17.2 Å². The van der Waals surface area contributed by atoms with Crippen LogP contribution in [0.5, 0.6) is 0 Å². The summed E-state index contributed by atoms with van der Waals surface area (Å²) in [5.41, 5.74) is 4.80. The fourth-order valence-corrected chi connectivity index (χ4v) is 3.84. The van der Waals surface area contributed by atoms with Crippen LogP contribution < -0.4 is 5.43 Å². The zero-order valence-corrected chi connectivity index (χ0v) is 16.4. The number of imidazole rings is 1. The largest absolute Gasteiger partial charge is 0.464 e. The summed E-state index contributed by atoms with van der Waals surface area (Å²) in [7, 11) is 0. The van der Waals surface area contributed by atoms with Gasteiger partial charge < -0.3 is 4.42 Å². The molecule has 0 saturated heterocycles. The molecular formula is C25H19FN2O2. The Kier molecular flexibility index (Phi) is 4.43. The van der Waals surface area contributed by atoms with E-state index < -0.39 is 5.82 Å². The van der Waals surface area contributed by atoms with Gasteiger partial charge in [0.2, 0.25) is 0 Å². The van der Waals surface area contributed by atoms with Gasteiger partial charge >= 0.3 is 0 Å². The third-order valence-electron chi connectivity index (χ3n) is 5.32. The summed E-state index contributed by atoms with van der Waals surface area (Å²) in [6.07, 6.45) is 2.47. The molecule has 0 aliphatic heterocycles. The summed E-state index contributed by atoms with van der Waals surface area (Å²) < 4.78 is 21.3. The van der Waals surface area contributed by atoms with E-state index in [0.29, 0.717) is 24.0 Å². The molecule has 0 radical (unpaired) electrons. The minimum atomic E-state index is -0.451. The van der Waals surface area contributed by atoms with Gasteiger partial charge in [0, 0.05) is 17.7 Å². The Morgan fingerprint density at radius 3 is 2.67 bits per heavy atom. The molecule has 3 aromatic carbocycles. The second-order valence-corrected chi connectivity index (χ2v) is 7.42. The molecule has 5 heteroatoms. The predicted octanol–water partition coefficient (Wildman–Crippen LogP) is 5.36. The monoisotopic (exact) mass is 398 g/mol. The smallest absolute Gasteiger partial charge is 0.195 e. The Morgan fingerprint density at radius 2 is 1.83 bits per heavy atom. The molecule has 4 nitrogen and oxygen atoms in total. The minimum Gasteiger partial charge on any atom is -0.464 e. The lowest BCUT2D eigenvalue weighted by Crippen LogP contribution is -2.11. The highest BCUT2D eigenvalue weighted by molar-refractivity contribution is 5.79. The molecule has 30 heavy (non-hydrogen) atoms. The highest BCUT2D eigenvalue weighted by atomic mass is 19.1. The molecule has 0 saturated carbocycles. The lowest BCUT2D eigenvalue weighted by molar-refractivity contribution is 0.586. The van der Waals surface area contributed by atoms with Gasteiger partial charge in [0.25, 0.3) is 0 Å². The van der Waals surface area contributed by atoms with Crippen molar-refractivity contribution in [3.63, 3.8) is 0 Å². The number of para-hydroxylation sites is 1. The quantitative estimate of drug-likeness (QED) is 0.409. The van der Waals surface area contributed by atoms with Crippen molar-refractivity contribution in [2.75, 3.05) is 0 Å². The fraction of sp³-hybridized carbons (Fsp3) is 0.120. The summed E-state index contributed by atoms with van der Waals surface area (Å²) in [5.74, 6) is 0.411. The van der Waals surface area contributed by atoms with Crippen molar-refractivity contribution in [2.24, 2.45) is 0 Å². The normalized spacial score (nSPS) is 11.4. The number of hydrogen-bond donors (Lipinski definition) is 0. The predicted molar refractivity (Wildman–Crippen MR) is 116 cm³/mol. The lowest BCUT2D eigenvalue weighted by atomic mass is 10.1. The first-order valence-electron chi connectivity index (χ1n) is 9.83. The molecule has 148 valence electrons. The SMILES string of the molecule is Cc1ccc2c(c1)nc(CCc1coc3ccc(F)cc3c1=O)n2-c1ccccc1. The Bertz CT molecular complexity index is 1430. The van der Waals surface area contributed by atoms with Crippen molar-refractivity contribution in [1.82, 2.24) is 9.55 Å². The van der Waals surface area contributed by atoms with E-state index in [1.807, 2.05) is 37.3 Å². The topological polar surface area (TPSA) is 48.0 Å². The molecule has 0 bridgehead atoms. The van der Waals surface area contributed by atoms with Gasteiger partial charge in [-0.15, -0.1) is 0 Å². The highest BCUT2D eigenvalue weighted by Gasteiger charge is 2.14. The van der Waals surface area contributed by atoms with Crippen molar-refractivity contribution in [3.05, 3.63) is 106 Å². The molecule has 0 aliphatic carbocycles. The van der Waals surface area contributed by atoms with Gasteiger partial charge in [-0.05, 0) is 61.4 Å². The van der Waals surface area contributed by atoms with Crippen molar-refractivity contribution in [3.8, 4) is 5.69 Å². The summed E-state index contributed by atoms with van der Waals surface area (Å²) in [6, 6.07) is 20.2. The van der Waals surface area contributed by atoms with Crippen LogP contribution in [0.15, 0.2) is 82.2 Å². The first-order chi connectivity index (χ1) is 14.6. The molecule has 0 N–H and O–H groups in total. The second kappa shape index (κ2) is 7.26. The van der Waals surface area contributed by atoms with Gasteiger partial charge in [0.15, 0.2) is 5.43 Å². The highest BCUT2D eigenvalue weighted by Crippen LogP contribution is 2.24. The van der Waals surface area contributed by atoms with Crippen molar-refractivity contribution in [2.45, 2.75) is 19.8 Å². The van der Waals surface area contributed by atoms with E-state index in [1.165, 1.54) is 24.5 Å². The number of nitrogens with zero attached hydrogens (tertiary/aromatic N) is 2. The molecule has 0 spiro atoms. The van der Waals surface area contributed by atoms with E-state index in [0.717, 1.165) is 28.1 Å². The summed E-state index contributed by atoms with van der Waals surface area (Å²) in [6.45, 7) is 2.04. The van der Waals surface area contributed by atoms with Gasteiger partial charge in [-0.25, -0.2) is 9.37 Å². The first kappa shape index (κ1) is 18.3. The van der Waals surface area contributed by atoms with E-state index in [1.54, 1.807) is 0 Å². The standard InChI is InChI=1S/C25H19FN2O2/c1-16-7-10-22-21(13-16)27-24(28(22)19-5-3-2-4-6-19)12-8-17-15-30-23-11-9-18(26)14-20(23)25(17)29/h2-7,9-11,13-15H,8,12H2,1H3. The number of hydrogen-bond acceptors (Lipinski definition) is 3. The Hall–Kier alpha value is -3.73.